The molecule has 2 aromatic carbocycles. The molecule has 2 N–H and O–H groups in total. The lowest BCUT2D eigenvalue weighted by Crippen LogP contribution is -2.29. The summed E-state index contributed by atoms with van der Waals surface area (Å²) in [5.74, 6) is -0.129. The molecule has 1 aromatic heterocycles. The molecule has 0 bridgehead atoms. The van der Waals surface area contributed by atoms with Crippen molar-refractivity contribution in [2.24, 2.45) is 0 Å². The van der Waals surface area contributed by atoms with Crippen LogP contribution in [0.5, 0.6) is 0 Å². The maximum atomic E-state index is 12.9. The minimum Gasteiger partial charge on any atom is -0.326 e. The summed E-state index contributed by atoms with van der Waals surface area (Å²) in [6.07, 6.45) is 0.791. The number of anilines is 1. The number of amides is 1. The quantitative estimate of drug-likeness (QED) is 0.614. The number of carbonyl (C=O) groups excluding carboxylic acids is 1. The molecule has 0 unspecified atom stereocenters. The van der Waals surface area contributed by atoms with E-state index in [1.54, 1.807) is 18.2 Å². The Balaban J connectivity index is 1.48. The number of hydrogen-bond acceptors (Lipinski definition) is 4. The Morgan fingerprint density at radius 1 is 1.03 bits per heavy atom. The first-order valence-electron chi connectivity index (χ1n) is 9.34. The summed E-state index contributed by atoms with van der Waals surface area (Å²) in [5.41, 5.74) is 2.61. The summed E-state index contributed by atoms with van der Waals surface area (Å²) in [7, 11) is -3.58. The van der Waals surface area contributed by atoms with Crippen LogP contribution in [-0.4, -0.2) is 20.4 Å². The van der Waals surface area contributed by atoms with Crippen molar-refractivity contribution < 1.29 is 13.2 Å². The predicted molar refractivity (Wildman–Crippen MR) is 117 cm³/mol. The van der Waals surface area contributed by atoms with Gasteiger partial charge in [0.1, 0.15) is 4.21 Å². The lowest BCUT2D eigenvalue weighted by molar-refractivity contribution is -0.114. The normalized spacial score (nSPS) is 21.0. The van der Waals surface area contributed by atoms with E-state index in [4.69, 9.17) is 0 Å². The van der Waals surface area contributed by atoms with E-state index in [0.717, 1.165) is 22.4 Å². The zero-order valence-corrected chi connectivity index (χ0v) is 17.8. The molecule has 4 rings (SSSR count). The first-order valence-corrected chi connectivity index (χ1v) is 11.6. The molecule has 150 valence electrons. The molecule has 29 heavy (non-hydrogen) atoms. The Kier molecular flexibility index (Phi) is 5.06. The van der Waals surface area contributed by atoms with E-state index < -0.39 is 10.0 Å². The Morgan fingerprint density at radius 3 is 2.38 bits per heavy atom. The first kappa shape index (κ1) is 19.8. The molecule has 1 aliphatic rings. The minimum absolute atomic E-state index is 0.0996. The van der Waals surface area contributed by atoms with Crippen LogP contribution in [0.1, 0.15) is 25.8 Å². The third kappa shape index (κ3) is 4.12. The molecular formula is C22H22N2O3S2. The van der Waals surface area contributed by atoms with Gasteiger partial charge in [-0.2, -0.15) is 0 Å². The van der Waals surface area contributed by atoms with E-state index in [1.165, 1.54) is 18.3 Å². The van der Waals surface area contributed by atoms with Crippen molar-refractivity contribution in [3.63, 3.8) is 0 Å². The van der Waals surface area contributed by atoms with Gasteiger partial charge in [0.25, 0.3) is 0 Å². The van der Waals surface area contributed by atoms with Gasteiger partial charge in [-0.15, -0.1) is 11.3 Å². The largest absolute Gasteiger partial charge is 0.326 e. The number of nitrogens with one attached hydrogen (secondary N) is 2. The van der Waals surface area contributed by atoms with Gasteiger partial charge in [0.05, 0.1) is 0 Å². The van der Waals surface area contributed by atoms with Crippen molar-refractivity contribution in [2.45, 2.75) is 35.9 Å². The highest BCUT2D eigenvalue weighted by Crippen LogP contribution is 2.48. The molecule has 1 amide bonds. The number of benzene rings is 2. The molecule has 3 aromatic rings. The zero-order valence-electron chi connectivity index (χ0n) is 16.2. The van der Waals surface area contributed by atoms with Crippen LogP contribution in [0.25, 0.3) is 10.4 Å². The second-order valence-electron chi connectivity index (χ2n) is 7.54. The summed E-state index contributed by atoms with van der Waals surface area (Å²) in [4.78, 5) is 12.0. The van der Waals surface area contributed by atoms with Crippen LogP contribution >= 0.6 is 11.3 Å². The smallest absolute Gasteiger partial charge is 0.250 e. The molecular weight excluding hydrogens is 404 g/mol. The van der Waals surface area contributed by atoms with Crippen LogP contribution in [0.3, 0.4) is 0 Å². The second-order valence-corrected chi connectivity index (χ2v) is 10.6. The lowest BCUT2D eigenvalue weighted by Gasteiger charge is -2.12. The Hall–Kier alpha value is -2.48. The third-order valence-corrected chi connectivity index (χ3v) is 8.40. The van der Waals surface area contributed by atoms with Gasteiger partial charge in [-0.05, 0) is 41.8 Å². The van der Waals surface area contributed by atoms with Gasteiger partial charge in [-0.3, -0.25) is 4.79 Å². The van der Waals surface area contributed by atoms with Crippen LogP contribution in [0.2, 0.25) is 0 Å². The van der Waals surface area contributed by atoms with E-state index in [9.17, 15) is 13.2 Å². The highest BCUT2D eigenvalue weighted by Gasteiger charge is 2.53. The van der Waals surface area contributed by atoms with Crippen LogP contribution in [0, 0.1) is 0 Å². The van der Waals surface area contributed by atoms with Crippen LogP contribution in [-0.2, 0) is 20.2 Å². The van der Waals surface area contributed by atoms with Crippen molar-refractivity contribution >= 4 is 33.0 Å². The standard InChI is InChI=1S/C22H22N2O3S2/c1-15(25)23-18-10-8-16(9-11-18)19-12-13-21(28-19)29(26,27)24-20-14-22(20,2)17-6-4-3-5-7-17/h3-13,20,24H,14H2,1-2H3,(H,23,25)/t20-,22+/m0/s1. The van der Waals surface area contributed by atoms with Gasteiger partial charge in [0.2, 0.25) is 15.9 Å². The zero-order chi connectivity index (χ0) is 20.6. The molecule has 2 atom stereocenters. The van der Waals surface area contributed by atoms with E-state index in [2.05, 4.69) is 17.0 Å². The SMILES string of the molecule is CC(=O)Nc1ccc(-c2ccc(S(=O)(=O)N[C@H]3C[C@]3(C)c3ccccc3)s2)cc1. The van der Waals surface area contributed by atoms with Gasteiger partial charge >= 0.3 is 0 Å². The molecule has 1 fully saturated rings. The fourth-order valence-corrected chi connectivity index (χ4v) is 6.14. The summed E-state index contributed by atoms with van der Waals surface area (Å²) in [6, 6.07) is 20.7. The van der Waals surface area contributed by atoms with E-state index in [0.29, 0.717) is 9.90 Å². The highest BCUT2D eigenvalue weighted by atomic mass is 32.2. The maximum absolute atomic E-state index is 12.9. The molecule has 1 heterocycles. The van der Waals surface area contributed by atoms with E-state index in [1.807, 2.05) is 48.5 Å². The van der Waals surface area contributed by atoms with Gasteiger partial charge in [-0.1, -0.05) is 49.4 Å². The highest BCUT2D eigenvalue weighted by molar-refractivity contribution is 7.91. The van der Waals surface area contributed by atoms with Crippen molar-refractivity contribution in [1.82, 2.24) is 4.72 Å². The van der Waals surface area contributed by atoms with Crippen molar-refractivity contribution in [3.8, 4) is 10.4 Å². The van der Waals surface area contributed by atoms with Crippen molar-refractivity contribution in [2.75, 3.05) is 5.32 Å². The topological polar surface area (TPSA) is 75.3 Å². The van der Waals surface area contributed by atoms with Crippen LogP contribution in [0.15, 0.2) is 70.9 Å². The first-order chi connectivity index (χ1) is 13.8. The van der Waals surface area contributed by atoms with Gasteiger partial charge in [-0.25, -0.2) is 13.1 Å². The molecule has 5 nitrogen and oxygen atoms in total. The van der Waals surface area contributed by atoms with Crippen LogP contribution < -0.4 is 10.0 Å². The molecule has 1 saturated carbocycles. The number of rotatable bonds is 6. The molecule has 0 aliphatic heterocycles. The minimum atomic E-state index is -3.58. The summed E-state index contributed by atoms with van der Waals surface area (Å²) >= 11 is 1.24. The van der Waals surface area contributed by atoms with Crippen LogP contribution in [0.4, 0.5) is 5.69 Å². The fraction of sp³-hybridized carbons (Fsp3) is 0.227. The number of sulfonamides is 1. The Morgan fingerprint density at radius 2 is 1.72 bits per heavy atom. The Bertz CT molecular complexity index is 1140. The van der Waals surface area contributed by atoms with Gasteiger partial charge < -0.3 is 5.32 Å². The van der Waals surface area contributed by atoms with Gasteiger partial charge in [0, 0.05) is 28.9 Å². The van der Waals surface area contributed by atoms with Gasteiger partial charge in [0.15, 0.2) is 0 Å². The second kappa shape index (κ2) is 7.40. The predicted octanol–water partition coefficient (Wildman–Crippen LogP) is 4.38. The molecule has 1 aliphatic carbocycles. The summed E-state index contributed by atoms with van der Waals surface area (Å²) < 4.78 is 28.9. The lowest BCUT2D eigenvalue weighted by atomic mass is 9.98. The van der Waals surface area contributed by atoms with E-state index >= 15 is 0 Å². The maximum Gasteiger partial charge on any atom is 0.250 e. The molecule has 0 spiro atoms. The summed E-state index contributed by atoms with van der Waals surface area (Å²) in [5, 5.41) is 2.72. The molecule has 0 saturated heterocycles. The molecule has 0 radical (unpaired) electrons. The fourth-order valence-electron chi connectivity index (χ4n) is 3.46. The number of carbonyl (C=O) groups is 1. The summed E-state index contributed by atoms with van der Waals surface area (Å²) in [6.45, 7) is 3.55. The number of hydrogen-bond donors (Lipinski definition) is 2. The molecule has 7 heteroatoms. The Labute approximate surface area is 174 Å². The van der Waals surface area contributed by atoms with E-state index in [-0.39, 0.29) is 17.4 Å². The average molecular weight is 427 g/mol. The number of thiophene rings is 1. The van der Waals surface area contributed by atoms with Crippen molar-refractivity contribution in [3.05, 3.63) is 72.3 Å². The third-order valence-electron chi connectivity index (χ3n) is 5.30. The monoisotopic (exact) mass is 426 g/mol. The van der Waals surface area contributed by atoms with Crippen molar-refractivity contribution in [1.29, 1.82) is 0 Å². The average Bonchev–Trinajstić information content (AvgIpc) is 3.11.